The zero-order chi connectivity index (χ0) is 22.3. The molecule has 1 saturated heterocycles. The van der Waals surface area contributed by atoms with Gasteiger partial charge in [-0.1, -0.05) is 0 Å². The second-order valence-corrected chi connectivity index (χ2v) is 9.56. The van der Waals surface area contributed by atoms with Gasteiger partial charge in [0, 0.05) is 38.2 Å². The molecule has 0 aromatic heterocycles. The highest BCUT2D eigenvalue weighted by Gasteiger charge is 2.38. The maximum atomic E-state index is 13.9. The minimum Gasteiger partial charge on any atom is -0.322 e. The van der Waals surface area contributed by atoms with Gasteiger partial charge in [0.05, 0.1) is 10.6 Å². The summed E-state index contributed by atoms with van der Waals surface area (Å²) in [5.41, 5.74) is 0.769. The number of sulfonamides is 1. The number of halogens is 2. The van der Waals surface area contributed by atoms with Gasteiger partial charge < -0.3 is 5.32 Å². The third-order valence-corrected chi connectivity index (χ3v) is 7.46. The monoisotopic (exact) mass is 449 g/mol. The molecule has 7 nitrogen and oxygen atoms in total. The van der Waals surface area contributed by atoms with Gasteiger partial charge in [-0.15, -0.1) is 0 Å². The van der Waals surface area contributed by atoms with E-state index < -0.39 is 39.5 Å². The smallest absolute Gasteiger partial charge is 0.247 e. The fourth-order valence-corrected chi connectivity index (χ4v) is 5.64. The molecule has 2 aromatic rings. The van der Waals surface area contributed by atoms with Crippen molar-refractivity contribution in [2.75, 3.05) is 23.3 Å². The molecular formula is C21H21F2N3O4S. The van der Waals surface area contributed by atoms with E-state index in [1.807, 2.05) is 0 Å². The number of nitrogens with zero attached hydrogens (tertiary/aromatic N) is 2. The van der Waals surface area contributed by atoms with E-state index in [2.05, 4.69) is 5.32 Å². The summed E-state index contributed by atoms with van der Waals surface area (Å²) >= 11 is 0. The summed E-state index contributed by atoms with van der Waals surface area (Å²) in [4.78, 5) is 26.5. The molecule has 2 aliphatic heterocycles. The first kappa shape index (κ1) is 21.4. The Hall–Kier alpha value is -2.85. The van der Waals surface area contributed by atoms with Crippen LogP contribution in [0.3, 0.4) is 0 Å². The Balaban J connectivity index is 1.62. The highest BCUT2D eigenvalue weighted by molar-refractivity contribution is 7.89. The molecule has 31 heavy (non-hydrogen) atoms. The number of anilines is 2. The van der Waals surface area contributed by atoms with E-state index >= 15 is 0 Å². The number of hydrogen-bond acceptors (Lipinski definition) is 4. The van der Waals surface area contributed by atoms with Gasteiger partial charge in [0.25, 0.3) is 0 Å². The van der Waals surface area contributed by atoms with E-state index in [1.165, 1.54) is 34.3 Å². The molecule has 10 heteroatoms. The van der Waals surface area contributed by atoms with Crippen LogP contribution in [0.4, 0.5) is 20.2 Å². The Kier molecular flexibility index (Phi) is 5.52. The Morgan fingerprint density at radius 1 is 1.06 bits per heavy atom. The minimum atomic E-state index is -3.65. The van der Waals surface area contributed by atoms with Crippen molar-refractivity contribution in [2.45, 2.75) is 37.1 Å². The molecule has 2 heterocycles. The largest absolute Gasteiger partial charge is 0.322 e. The van der Waals surface area contributed by atoms with Crippen molar-refractivity contribution >= 4 is 33.2 Å². The van der Waals surface area contributed by atoms with Gasteiger partial charge in [0.1, 0.15) is 17.7 Å². The van der Waals surface area contributed by atoms with Crippen LogP contribution in [0.2, 0.25) is 0 Å². The number of carbonyl (C=O) groups excluding carboxylic acids is 2. The Bertz CT molecular complexity index is 1160. The molecule has 4 rings (SSSR count). The summed E-state index contributed by atoms with van der Waals surface area (Å²) in [6.45, 7) is 2.23. The maximum absolute atomic E-state index is 13.9. The van der Waals surface area contributed by atoms with Crippen molar-refractivity contribution in [1.82, 2.24) is 4.31 Å². The lowest BCUT2D eigenvalue weighted by Crippen LogP contribution is -2.44. The van der Waals surface area contributed by atoms with E-state index in [0.717, 1.165) is 25.0 Å². The minimum absolute atomic E-state index is 0.0763. The van der Waals surface area contributed by atoms with Crippen LogP contribution >= 0.6 is 0 Å². The summed E-state index contributed by atoms with van der Waals surface area (Å²) in [5, 5.41) is 2.39. The Morgan fingerprint density at radius 3 is 2.42 bits per heavy atom. The van der Waals surface area contributed by atoms with Crippen LogP contribution in [-0.4, -0.2) is 43.7 Å². The van der Waals surface area contributed by atoms with E-state index in [-0.39, 0.29) is 17.0 Å². The normalized spacial score (nSPS) is 18.8. The average molecular weight is 449 g/mol. The number of rotatable bonds is 4. The third-order valence-electron chi connectivity index (χ3n) is 5.57. The highest BCUT2D eigenvalue weighted by Crippen LogP contribution is 2.35. The number of benzene rings is 2. The van der Waals surface area contributed by atoms with Gasteiger partial charge in [0.2, 0.25) is 21.8 Å². The second-order valence-electron chi connectivity index (χ2n) is 7.62. The van der Waals surface area contributed by atoms with Crippen LogP contribution < -0.4 is 10.2 Å². The van der Waals surface area contributed by atoms with E-state index in [1.54, 1.807) is 0 Å². The van der Waals surface area contributed by atoms with Gasteiger partial charge in [-0.2, -0.15) is 4.31 Å². The summed E-state index contributed by atoms with van der Waals surface area (Å²) in [6, 6.07) is 6.22. The van der Waals surface area contributed by atoms with Gasteiger partial charge in [-0.05, 0) is 48.7 Å². The molecule has 0 spiro atoms. The molecule has 0 bridgehead atoms. The zero-order valence-corrected chi connectivity index (χ0v) is 17.6. The zero-order valence-electron chi connectivity index (χ0n) is 16.8. The number of nitrogens with one attached hydrogen (secondary N) is 1. The predicted molar refractivity (Wildman–Crippen MR) is 110 cm³/mol. The van der Waals surface area contributed by atoms with Crippen molar-refractivity contribution in [1.29, 1.82) is 0 Å². The van der Waals surface area contributed by atoms with Gasteiger partial charge in [-0.3, -0.25) is 14.5 Å². The van der Waals surface area contributed by atoms with E-state index in [9.17, 15) is 26.8 Å². The molecule has 164 valence electrons. The molecule has 1 unspecified atom stereocenters. The molecule has 0 aliphatic carbocycles. The molecule has 1 fully saturated rings. The first-order valence-corrected chi connectivity index (χ1v) is 11.3. The third kappa shape index (κ3) is 3.92. The molecule has 2 aromatic carbocycles. The number of carbonyl (C=O) groups is 2. The van der Waals surface area contributed by atoms with E-state index in [0.29, 0.717) is 30.4 Å². The molecular weight excluding hydrogens is 428 g/mol. The Morgan fingerprint density at radius 2 is 1.77 bits per heavy atom. The predicted octanol–water partition coefficient (Wildman–Crippen LogP) is 2.67. The van der Waals surface area contributed by atoms with Crippen molar-refractivity contribution in [3.05, 3.63) is 53.6 Å². The van der Waals surface area contributed by atoms with Gasteiger partial charge in [-0.25, -0.2) is 17.2 Å². The SMILES string of the molecule is CC(=O)N1c2ccc(S(=O)(=O)N3CCCC3)cc2CC1C(=O)Nc1ccc(F)cc1F. The van der Waals surface area contributed by atoms with Gasteiger partial charge in [0.15, 0.2) is 0 Å². The fraction of sp³-hybridized carbons (Fsp3) is 0.333. The van der Waals surface area contributed by atoms with Crippen molar-refractivity contribution in [2.24, 2.45) is 0 Å². The average Bonchev–Trinajstić information content (AvgIpc) is 3.37. The first-order valence-electron chi connectivity index (χ1n) is 9.87. The first-order chi connectivity index (χ1) is 14.7. The van der Waals surface area contributed by atoms with Crippen molar-refractivity contribution in [3.63, 3.8) is 0 Å². The van der Waals surface area contributed by atoms with E-state index in [4.69, 9.17) is 0 Å². The lowest BCUT2D eigenvalue weighted by molar-refractivity contribution is -0.122. The second kappa shape index (κ2) is 8.01. The summed E-state index contributed by atoms with van der Waals surface area (Å²) < 4.78 is 54.2. The topological polar surface area (TPSA) is 86.8 Å². The quantitative estimate of drug-likeness (QED) is 0.778. The van der Waals surface area contributed by atoms with Crippen LogP contribution in [-0.2, 0) is 26.0 Å². The highest BCUT2D eigenvalue weighted by atomic mass is 32.2. The van der Waals surface area contributed by atoms with Crippen LogP contribution in [0.25, 0.3) is 0 Å². The number of hydrogen-bond donors (Lipinski definition) is 1. The molecule has 0 radical (unpaired) electrons. The molecule has 1 N–H and O–H groups in total. The summed E-state index contributed by atoms with van der Waals surface area (Å²) in [5.74, 6) is -2.77. The summed E-state index contributed by atoms with van der Waals surface area (Å²) in [7, 11) is -3.65. The fourth-order valence-electron chi connectivity index (χ4n) is 4.07. The van der Waals surface area contributed by atoms with Crippen LogP contribution in [0, 0.1) is 11.6 Å². The molecule has 0 saturated carbocycles. The van der Waals surface area contributed by atoms with Crippen molar-refractivity contribution < 1.29 is 26.8 Å². The van der Waals surface area contributed by atoms with Crippen LogP contribution in [0.1, 0.15) is 25.3 Å². The van der Waals surface area contributed by atoms with Gasteiger partial charge >= 0.3 is 0 Å². The molecule has 2 aliphatic rings. The maximum Gasteiger partial charge on any atom is 0.247 e. The standard InChI is InChI=1S/C21H21F2N3O4S/c1-13(27)26-19-7-5-16(31(29,30)25-8-2-3-9-25)10-14(19)11-20(26)21(28)24-18-6-4-15(22)12-17(18)23/h4-7,10,12,20H,2-3,8-9,11H2,1H3,(H,24,28). The summed E-state index contributed by atoms with van der Waals surface area (Å²) in [6.07, 6.45) is 1.70. The van der Waals surface area contributed by atoms with Crippen molar-refractivity contribution in [3.8, 4) is 0 Å². The molecule has 1 atom stereocenters. The lowest BCUT2D eigenvalue weighted by atomic mass is 10.1. The van der Waals surface area contributed by atoms with Crippen LogP contribution in [0.5, 0.6) is 0 Å². The van der Waals surface area contributed by atoms with Crippen LogP contribution in [0.15, 0.2) is 41.3 Å². The Labute approximate surface area is 178 Å². The number of fused-ring (bicyclic) bond motifs is 1. The lowest BCUT2D eigenvalue weighted by Gasteiger charge is -2.23. The molecule has 2 amide bonds. The number of amides is 2.